The molecule has 0 spiro atoms. The van der Waals surface area contributed by atoms with Gasteiger partial charge in [0, 0.05) is 6.42 Å². The number of aliphatic hydroxyl groups is 1. The molecule has 2 unspecified atom stereocenters. The minimum absolute atomic E-state index is 0.250. The molecule has 0 fully saturated rings. The number of allylic oxidation sites excluding steroid dienone is 1. The highest BCUT2D eigenvalue weighted by atomic mass is 19.1. The van der Waals surface area contributed by atoms with E-state index in [9.17, 15) is 4.39 Å². The van der Waals surface area contributed by atoms with Crippen LogP contribution in [0.25, 0.3) is 0 Å². The molecular weight excluding hydrogens is 95.1 g/mol. The topological polar surface area (TPSA) is 20.2 Å². The molecule has 0 heterocycles. The van der Waals surface area contributed by atoms with Crippen molar-refractivity contribution in [1.29, 1.82) is 0 Å². The fraction of sp³-hybridized carbons (Fsp3) is 0.600. The molecule has 0 aromatic rings. The van der Waals surface area contributed by atoms with Gasteiger partial charge in [-0.25, -0.2) is 4.39 Å². The molecule has 1 nitrogen and oxygen atoms in total. The summed E-state index contributed by atoms with van der Waals surface area (Å²) in [6.07, 6.45) is 1.67. The summed E-state index contributed by atoms with van der Waals surface area (Å²) in [6.45, 7) is 0. The lowest BCUT2D eigenvalue weighted by atomic mass is 10.3. The highest BCUT2D eigenvalue weighted by Gasteiger charge is 2.13. The second-order valence-corrected chi connectivity index (χ2v) is 1.70. The highest BCUT2D eigenvalue weighted by Crippen LogP contribution is 2.12. The SMILES string of the molecule is OC1C=CC(F)C1. The first-order valence-corrected chi connectivity index (χ1v) is 2.29. The average Bonchev–Trinajstić information content (AvgIpc) is 1.87. The van der Waals surface area contributed by atoms with Crippen LogP contribution in [0.15, 0.2) is 12.2 Å². The third kappa shape index (κ3) is 0.996. The summed E-state index contributed by atoms with van der Waals surface area (Å²) in [5.41, 5.74) is 0. The van der Waals surface area contributed by atoms with Gasteiger partial charge in [-0.05, 0) is 0 Å². The van der Waals surface area contributed by atoms with Gasteiger partial charge < -0.3 is 5.11 Å². The summed E-state index contributed by atoms with van der Waals surface area (Å²) in [5.74, 6) is 0. The van der Waals surface area contributed by atoms with Crippen molar-refractivity contribution in [1.82, 2.24) is 0 Å². The predicted octanol–water partition coefficient (Wildman–Crippen LogP) is 0.645. The molecule has 40 valence electrons. The van der Waals surface area contributed by atoms with Crippen molar-refractivity contribution < 1.29 is 9.50 Å². The number of rotatable bonds is 0. The van der Waals surface area contributed by atoms with E-state index in [1.165, 1.54) is 12.2 Å². The van der Waals surface area contributed by atoms with E-state index in [2.05, 4.69) is 0 Å². The summed E-state index contributed by atoms with van der Waals surface area (Å²) >= 11 is 0. The van der Waals surface area contributed by atoms with Gasteiger partial charge in [-0.1, -0.05) is 12.2 Å². The Kier molecular flexibility index (Phi) is 1.11. The molecule has 0 bridgehead atoms. The Hall–Kier alpha value is -0.370. The fourth-order valence-corrected chi connectivity index (χ4v) is 0.637. The average molecular weight is 102 g/mol. The monoisotopic (exact) mass is 102 g/mol. The third-order valence-electron chi connectivity index (χ3n) is 1.01. The van der Waals surface area contributed by atoms with Gasteiger partial charge in [-0.15, -0.1) is 0 Å². The first-order valence-electron chi connectivity index (χ1n) is 2.29. The maximum Gasteiger partial charge on any atom is 0.121 e. The van der Waals surface area contributed by atoms with Crippen molar-refractivity contribution in [2.24, 2.45) is 0 Å². The van der Waals surface area contributed by atoms with Gasteiger partial charge in [0.15, 0.2) is 0 Å². The second kappa shape index (κ2) is 1.62. The standard InChI is InChI=1S/C5H7FO/c6-4-1-2-5(7)3-4/h1-2,4-5,7H,3H2. The third-order valence-corrected chi connectivity index (χ3v) is 1.01. The summed E-state index contributed by atoms with van der Waals surface area (Å²) in [4.78, 5) is 0. The Bertz CT molecular complexity index is 80.1. The first kappa shape index (κ1) is 4.78. The molecule has 0 saturated carbocycles. The molecule has 2 atom stereocenters. The normalized spacial score (nSPS) is 39.7. The first-order chi connectivity index (χ1) is 3.29. The van der Waals surface area contributed by atoms with E-state index in [1.807, 2.05) is 0 Å². The van der Waals surface area contributed by atoms with E-state index in [0.717, 1.165) is 0 Å². The van der Waals surface area contributed by atoms with Crippen LogP contribution in [0.2, 0.25) is 0 Å². The minimum Gasteiger partial charge on any atom is -0.389 e. The van der Waals surface area contributed by atoms with Crippen molar-refractivity contribution >= 4 is 0 Å². The molecule has 0 saturated heterocycles. The van der Waals surface area contributed by atoms with E-state index in [-0.39, 0.29) is 6.42 Å². The molecule has 0 aromatic heterocycles. The minimum atomic E-state index is -0.907. The Balaban J connectivity index is 2.42. The molecule has 0 aromatic carbocycles. The molecule has 1 rings (SSSR count). The Morgan fingerprint density at radius 3 is 2.43 bits per heavy atom. The van der Waals surface area contributed by atoms with Crippen molar-refractivity contribution in [2.75, 3.05) is 0 Å². The van der Waals surface area contributed by atoms with Crippen LogP contribution in [0, 0.1) is 0 Å². The molecule has 7 heavy (non-hydrogen) atoms. The van der Waals surface area contributed by atoms with Crippen LogP contribution < -0.4 is 0 Å². The van der Waals surface area contributed by atoms with Gasteiger partial charge in [-0.2, -0.15) is 0 Å². The number of hydrogen-bond donors (Lipinski definition) is 1. The van der Waals surface area contributed by atoms with Crippen LogP contribution in [0.1, 0.15) is 6.42 Å². The Labute approximate surface area is 41.5 Å². The summed E-state index contributed by atoms with van der Waals surface area (Å²) in [5, 5.41) is 8.57. The Morgan fingerprint density at radius 1 is 1.57 bits per heavy atom. The summed E-state index contributed by atoms with van der Waals surface area (Å²) in [6, 6.07) is 0. The van der Waals surface area contributed by atoms with Crippen LogP contribution >= 0.6 is 0 Å². The van der Waals surface area contributed by atoms with E-state index < -0.39 is 12.3 Å². The fourth-order valence-electron chi connectivity index (χ4n) is 0.637. The van der Waals surface area contributed by atoms with Gasteiger partial charge in [0.25, 0.3) is 0 Å². The van der Waals surface area contributed by atoms with Gasteiger partial charge in [0.05, 0.1) is 6.10 Å². The highest BCUT2D eigenvalue weighted by molar-refractivity contribution is 5.02. The number of aliphatic hydroxyl groups excluding tert-OH is 1. The van der Waals surface area contributed by atoms with Crippen molar-refractivity contribution in [3.63, 3.8) is 0 Å². The zero-order chi connectivity index (χ0) is 5.28. The lowest BCUT2D eigenvalue weighted by molar-refractivity contribution is 0.197. The molecule has 2 heteroatoms. The molecule has 1 aliphatic carbocycles. The van der Waals surface area contributed by atoms with Crippen LogP contribution in [-0.2, 0) is 0 Å². The molecule has 1 aliphatic rings. The van der Waals surface area contributed by atoms with Gasteiger partial charge in [0.2, 0.25) is 0 Å². The van der Waals surface area contributed by atoms with Gasteiger partial charge >= 0.3 is 0 Å². The molecular formula is C5H7FO. The molecule has 0 aliphatic heterocycles. The van der Waals surface area contributed by atoms with Gasteiger partial charge in [-0.3, -0.25) is 0 Å². The van der Waals surface area contributed by atoms with Crippen LogP contribution in [0.5, 0.6) is 0 Å². The molecule has 0 amide bonds. The second-order valence-electron chi connectivity index (χ2n) is 1.70. The smallest absolute Gasteiger partial charge is 0.121 e. The predicted molar refractivity (Wildman–Crippen MR) is 24.7 cm³/mol. The van der Waals surface area contributed by atoms with Gasteiger partial charge in [0.1, 0.15) is 6.17 Å². The quantitative estimate of drug-likeness (QED) is 0.445. The lowest BCUT2D eigenvalue weighted by Crippen LogP contribution is -2.00. The Morgan fingerprint density at radius 2 is 2.29 bits per heavy atom. The zero-order valence-corrected chi connectivity index (χ0v) is 3.84. The van der Waals surface area contributed by atoms with E-state index >= 15 is 0 Å². The van der Waals surface area contributed by atoms with E-state index in [4.69, 9.17) is 5.11 Å². The summed E-state index contributed by atoms with van der Waals surface area (Å²) < 4.78 is 11.9. The van der Waals surface area contributed by atoms with Crippen molar-refractivity contribution in [2.45, 2.75) is 18.7 Å². The lowest BCUT2D eigenvalue weighted by Gasteiger charge is -1.94. The number of halogens is 1. The van der Waals surface area contributed by atoms with Crippen LogP contribution in [0.3, 0.4) is 0 Å². The van der Waals surface area contributed by atoms with Crippen LogP contribution in [-0.4, -0.2) is 17.4 Å². The van der Waals surface area contributed by atoms with E-state index in [1.54, 1.807) is 0 Å². The molecule has 0 radical (unpaired) electrons. The number of alkyl halides is 1. The summed E-state index contributed by atoms with van der Waals surface area (Å²) in [7, 11) is 0. The maximum absolute atomic E-state index is 11.9. The molecule has 1 N–H and O–H groups in total. The van der Waals surface area contributed by atoms with Crippen molar-refractivity contribution in [3.05, 3.63) is 12.2 Å². The number of hydrogen-bond acceptors (Lipinski definition) is 1. The van der Waals surface area contributed by atoms with Crippen LogP contribution in [0.4, 0.5) is 4.39 Å². The largest absolute Gasteiger partial charge is 0.389 e. The maximum atomic E-state index is 11.9. The van der Waals surface area contributed by atoms with E-state index in [0.29, 0.717) is 0 Å². The van der Waals surface area contributed by atoms with Crippen molar-refractivity contribution in [3.8, 4) is 0 Å². The zero-order valence-electron chi connectivity index (χ0n) is 3.84.